The van der Waals surface area contributed by atoms with Crippen molar-refractivity contribution >= 4 is 17.5 Å². The van der Waals surface area contributed by atoms with E-state index in [1.165, 1.54) is 0 Å². The lowest BCUT2D eigenvalue weighted by atomic mass is 10.2. The molecule has 1 aliphatic rings. The number of carbonyl (C=O) groups is 1. The predicted octanol–water partition coefficient (Wildman–Crippen LogP) is 1.99. The van der Waals surface area contributed by atoms with E-state index in [2.05, 4.69) is 4.98 Å². The molecular formula is C12H15ClN2O2. The van der Waals surface area contributed by atoms with Crippen LogP contribution < -0.4 is 0 Å². The summed E-state index contributed by atoms with van der Waals surface area (Å²) in [6.45, 7) is 1.18. The lowest BCUT2D eigenvalue weighted by Crippen LogP contribution is -2.35. The number of hydrogen-bond donors (Lipinski definition) is 0. The Balaban J connectivity index is 2.10. The molecule has 0 aliphatic heterocycles. The van der Waals surface area contributed by atoms with Crippen molar-refractivity contribution in [1.29, 1.82) is 0 Å². The molecule has 2 rings (SSSR count). The van der Waals surface area contributed by atoms with Crippen LogP contribution in [0.1, 0.15) is 23.2 Å². The molecular weight excluding hydrogens is 240 g/mol. The molecule has 1 aromatic rings. The van der Waals surface area contributed by atoms with E-state index >= 15 is 0 Å². The van der Waals surface area contributed by atoms with Gasteiger partial charge in [-0.3, -0.25) is 4.79 Å². The first-order valence-corrected chi connectivity index (χ1v) is 6.01. The van der Waals surface area contributed by atoms with Gasteiger partial charge in [0, 0.05) is 31.5 Å². The number of ether oxygens (including phenoxy) is 1. The Labute approximate surface area is 106 Å². The molecule has 0 aromatic carbocycles. The Bertz CT molecular complexity index is 407. The highest BCUT2D eigenvalue weighted by molar-refractivity contribution is 6.29. The highest BCUT2D eigenvalue weighted by Gasteiger charge is 2.32. The number of halogens is 1. The fraction of sp³-hybridized carbons (Fsp3) is 0.500. The van der Waals surface area contributed by atoms with Crippen LogP contribution in [0, 0.1) is 0 Å². The van der Waals surface area contributed by atoms with Crippen molar-refractivity contribution in [3.05, 3.63) is 29.0 Å². The molecule has 1 fully saturated rings. The van der Waals surface area contributed by atoms with Gasteiger partial charge in [-0.1, -0.05) is 11.6 Å². The van der Waals surface area contributed by atoms with Gasteiger partial charge in [0.1, 0.15) is 5.15 Å². The van der Waals surface area contributed by atoms with Gasteiger partial charge in [0.05, 0.1) is 6.61 Å². The zero-order valence-electron chi connectivity index (χ0n) is 9.73. The zero-order chi connectivity index (χ0) is 12.3. The molecule has 1 amide bonds. The van der Waals surface area contributed by atoms with E-state index in [4.69, 9.17) is 16.3 Å². The van der Waals surface area contributed by atoms with E-state index in [1.54, 1.807) is 25.4 Å². The van der Waals surface area contributed by atoms with Crippen molar-refractivity contribution in [2.45, 2.75) is 18.9 Å². The molecule has 1 saturated carbocycles. The van der Waals surface area contributed by atoms with Crippen molar-refractivity contribution in [1.82, 2.24) is 9.88 Å². The Morgan fingerprint density at radius 2 is 2.41 bits per heavy atom. The normalized spacial score (nSPS) is 14.7. The van der Waals surface area contributed by atoms with Gasteiger partial charge in [-0.25, -0.2) is 4.98 Å². The molecule has 0 spiro atoms. The summed E-state index contributed by atoms with van der Waals surface area (Å²) in [7, 11) is 1.64. The van der Waals surface area contributed by atoms with Gasteiger partial charge in [0.25, 0.3) is 5.91 Å². The maximum absolute atomic E-state index is 12.3. The van der Waals surface area contributed by atoms with Gasteiger partial charge in [0.2, 0.25) is 0 Å². The highest BCUT2D eigenvalue weighted by Crippen LogP contribution is 2.28. The summed E-state index contributed by atoms with van der Waals surface area (Å²) >= 11 is 5.79. The first-order valence-electron chi connectivity index (χ1n) is 5.64. The molecule has 1 aromatic heterocycles. The number of pyridine rings is 1. The summed E-state index contributed by atoms with van der Waals surface area (Å²) in [5, 5.41) is 0.346. The predicted molar refractivity (Wildman–Crippen MR) is 65.2 cm³/mol. The quantitative estimate of drug-likeness (QED) is 0.755. The Morgan fingerprint density at radius 3 is 3.00 bits per heavy atom. The van der Waals surface area contributed by atoms with Crippen LogP contribution in [0.4, 0.5) is 0 Å². The second kappa shape index (κ2) is 5.47. The summed E-state index contributed by atoms with van der Waals surface area (Å²) in [6, 6.07) is 3.66. The topological polar surface area (TPSA) is 42.4 Å². The van der Waals surface area contributed by atoms with E-state index in [0.717, 1.165) is 12.8 Å². The first-order chi connectivity index (χ1) is 8.22. The van der Waals surface area contributed by atoms with E-state index in [-0.39, 0.29) is 5.91 Å². The van der Waals surface area contributed by atoms with Gasteiger partial charge >= 0.3 is 0 Å². The molecule has 5 heteroatoms. The molecule has 0 radical (unpaired) electrons. The third kappa shape index (κ3) is 3.17. The van der Waals surface area contributed by atoms with E-state index < -0.39 is 0 Å². The first kappa shape index (κ1) is 12.3. The van der Waals surface area contributed by atoms with Crippen LogP contribution in [-0.4, -0.2) is 42.1 Å². The Morgan fingerprint density at radius 1 is 1.65 bits per heavy atom. The molecule has 0 bridgehead atoms. The lowest BCUT2D eigenvalue weighted by molar-refractivity contribution is 0.0680. The van der Waals surface area contributed by atoms with Crippen LogP contribution >= 0.6 is 11.6 Å². The van der Waals surface area contributed by atoms with E-state index in [1.807, 2.05) is 4.90 Å². The smallest absolute Gasteiger partial charge is 0.254 e. The third-order valence-electron chi connectivity index (χ3n) is 2.76. The van der Waals surface area contributed by atoms with Gasteiger partial charge in [-0.15, -0.1) is 0 Å². The van der Waals surface area contributed by atoms with Crippen molar-refractivity contribution in [2.75, 3.05) is 20.3 Å². The molecule has 4 nitrogen and oxygen atoms in total. The largest absolute Gasteiger partial charge is 0.383 e. The van der Waals surface area contributed by atoms with Gasteiger partial charge in [-0.2, -0.15) is 0 Å². The highest BCUT2D eigenvalue weighted by atomic mass is 35.5. The average Bonchev–Trinajstić information content (AvgIpc) is 3.14. The molecule has 17 heavy (non-hydrogen) atoms. The summed E-state index contributed by atoms with van der Waals surface area (Å²) in [6.07, 6.45) is 3.71. The molecule has 0 saturated heterocycles. The van der Waals surface area contributed by atoms with Crippen molar-refractivity contribution in [3.63, 3.8) is 0 Å². The number of hydrogen-bond acceptors (Lipinski definition) is 3. The van der Waals surface area contributed by atoms with Crippen LogP contribution in [0.3, 0.4) is 0 Å². The van der Waals surface area contributed by atoms with Crippen molar-refractivity contribution in [3.8, 4) is 0 Å². The maximum atomic E-state index is 12.3. The van der Waals surface area contributed by atoms with Crippen LogP contribution in [-0.2, 0) is 4.74 Å². The Kier molecular flexibility index (Phi) is 3.97. The second-order valence-electron chi connectivity index (χ2n) is 4.09. The van der Waals surface area contributed by atoms with Gasteiger partial charge in [0.15, 0.2) is 0 Å². The number of carbonyl (C=O) groups excluding carboxylic acids is 1. The standard InChI is InChI=1S/C12H15ClN2O2/c1-17-7-6-15(10-2-3-10)12(16)9-4-5-14-11(13)8-9/h4-5,8,10H,2-3,6-7H2,1H3. The summed E-state index contributed by atoms with van der Waals surface area (Å²) in [5.41, 5.74) is 0.591. The van der Waals surface area contributed by atoms with Crippen molar-refractivity contribution < 1.29 is 9.53 Å². The maximum Gasteiger partial charge on any atom is 0.254 e. The molecule has 0 N–H and O–H groups in total. The van der Waals surface area contributed by atoms with E-state index in [9.17, 15) is 4.79 Å². The molecule has 92 valence electrons. The van der Waals surface area contributed by atoms with Crippen LogP contribution in [0.5, 0.6) is 0 Å². The summed E-state index contributed by atoms with van der Waals surface area (Å²) in [5.74, 6) is 0.00819. The zero-order valence-corrected chi connectivity index (χ0v) is 10.5. The minimum atomic E-state index is 0.00819. The fourth-order valence-electron chi connectivity index (χ4n) is 1.73. The number of nitrogens with zero attached hydrogens (tertiary/aromatic N) is 2. The van der Waals surface area contributed by atoms with Crippen LogP contribution in [0.2, 0.25) is 5.15 Å². The molecule has 1 heterocycles. The molecule has 0 atom stereocenters. The third-order valence-corrected chi connectivity index (χ3v) is 2.97. The molecule has 0 unspecified atom stereocenters. The fourth-order valence-corrected chi connectivity index (χ4v) is 1.90. The Hall–Kier alpha value is -1.13. The second-order valence-corrected chi connectivity index (χ2v) is 4.48. The number of methoxy groups -OCH3 is 1. The number of aromatic nitrogens is 1. The minimum Gasteiger partial charge on any atom is -0.383 e. The van der Waals surface area contributed by atoms with Gasteiger partial charge in [-0.05, 0) is 25.0 Å². The van der Waals surface area contributed by atoms with E-state index in [0.29, 0.717) is 29.9 Å². The lowest BCUT2D eigenvalue weighted by Gasteiger charge is -2.22. The van der Waals surface area contributed by atoms with Crippen molar-refractivity contribution in [2.24, 2.45) is 0 Å². The monoisotopic (exact) mass is 254 g/mol. The SMILES string of the molecule is COCCN(C(=O)c1ccnc(Cl)c1)C1CC1. The average molecular weight is 255 g/mol. The summed E-state index contributed by atoms with van der Waals surface area (Å²) in [4.78, 5) is 18.0. The minimum absolute atomic E-state index is 0.00819. The van der Waals surface area contributed by atoms with Crippen LogP contribution in [0.15, 0.2) is 18.3 Å². The molecule has 1 aliphatic carbocycles. The van der Waals surface area contributed by atoms with Crippen LogP contribution in [0.25, 0.3) is 0 Å². The van der Waals surface area contributed by atoms with Gasteiger partial charge < -0.3 is 9.64 Å². The number of amides is 1. The summed E-state index contributed by atoms with van der Waals surface area (Å²) < 4.78 is 5.03. The number of rotatable bonds is 5.